The molecule has 0 aromatic heterocycles. The molecule has 0 radical (unpaired) electrons. The van der Waals surface area contributed by atoms with Crippen LogP contribution in [0, 0.1) is 0 Å². The van der Waals surface area contributed by atoms with Crippen molar-refractivity contribution in [2.24, 2.45) is 10.2 Å². The number of hydrogen-bond acceptors (Lipinski definition) is 5. The van der Waals surface area contributed by atoms with Crippen LogP contribution in [0.2, 0.25) is 0 Å². The Balaban J connectivity index is 3.89. The van der Waals surface area contributed by atoms with Crippen LogP contribution in [-0.2, 0) is 0 Å². The first-order valence-electron chi connectivity index (χ1n) is 5.64. The number of rotatable bonds is 9. The van der Waals surface area contributed by atoms with Crippen molar-refractivity contribution in [1.29, 1.82) is 0 Å². The average molecular weight is 254 g/mol. The first-order valence-corrected chi connectivity index (χ1v) is 6.45. The van der Waals surface area contributed by atoms with Gasteiger partial charge in [0.1, 0.15) is 5.04 Å². The van der Waals surface area contributed by atoms with Gasteiger partial charge in [-0.1, -0.05) is 12.7 Å². The van der Waals surface area contributed by atoms with Crippen molar-refractivity contribution in [3.05, 3.63) is 24.4 Å². The topological polar surface area (TPSA) is 48.8 Å². The molecule has 0 saturated carbocycles. The van der Waals surface area contributed by atoms with Crippen molar-refractivity contribution >= 4 is 23.7 Å². The Hall–Kier alpha value is -1.07. The molecule has 0 spiro atoms. The molecule has 17 heavy (non-hydrogen) atoms. The van der Waals surface area contributed by atoms with Crippen LogP contribution in [0.25, 0.3) is 0 Å². The minimum absolute atomic E-state index is 0.926. The van der Waals surface area contributed by atoms with Gasteiger partial charge in [0, 0.05) is 19.5 Å². The molecule has 4 nitrogen and oxygen atoms in total. The zero-order valence-electron chi connectivity index (χ0n) is 10.7. The second-order valence-electron chi connectivity index (χ2n) is 3.33. The van der Waals surface area contributed by atoms with E-state index in [0.717, 1.165) is 30.7 Å². The number of nitrogens with one attached hydrogen (secondary N) is 2. The molecule has 0 rings (SSSR count). The Labute approximate surface area is 108 Å². The molecule has 0 unspecified atom stereocenters. The third-order valence-corrected chi connectivity index (χ3v) is 2.85. The third-order valence-electron chi connectivity index (χ3n) is 2.13. The van der Waals surface area contributed by atoms with E-state index in [1.54, 1.807) is 6.08 Å². The monoisotopic (exact) mass is 254 g/mol. The van der Waals surface area contributed by atoms with Gasteiger partial charge in [-0.2, -0.15) is 5.10 Å². The van der Waals surface area contributed by atoms with E-state index in [0.29, 0.717) is 0 Å². The number of hydrogen-bond donors (Lipinski definition) is 2. The van der Waals surface area contributed by atoms with E-state index in [-0.39, 0.29) is 0 Å². The van der Waals surface area contributed by atoms with E-state index in [2.05, 4.69) is 33.5 Å². The van der Waals surface area contributed by atoms with Crippen molar-refractivity contribution in [3.63, 3.8) is 0 Å². The summed E-state index contributed by atoms with van der Waals surface area (Å²) in [5.74, 6) is 0. The fourth-order valence-electron chi connectivity index (χ4n) is 1.34. The van der Waals surface area contributed by atoms with Crippen LogP contribution in [0.15, 0.2) is 34.6 Å². The highest BCUT2D eigenvalue weighted by Gasteiger charge is 2.00. The molecular formula is C12H22N4S. The number of allylic oxidation sites excluding steroid dienone is 3. The Bertz CT molecular complexity index is 284. The first kappa shape index (κ1) is 15.9. The van der Waals surface area contributed by atoms with E-state index in [9.17, 15) is 0 Å². The van der Waals surface area contributed by atoms with Crippen LogP contribution >= 0.6 is 11.9 Å². The van der Waals surface area contributed by atoms with Crippen LogP contribution in [0.3, 0.4) is 0 Å². The molecule has 0 saturated heterocycles. The quantitative estimate of drug-likeness (QED) is 0.166. The molecule has 0 aromatic rings. The highest BCUT2D eigenvalue weighted by Crippen LogP contribution is 2.11. The molecule has 0 aliphatic rings. The van der Waals surface area contributed by atoms with Crippen molar-refractivity contribution in [2.75, 3.05) is 14.1 Å². The smallest absolute Gasteiger partial charge is 0.111 e. The van der Waals surface area contributed by atoms with Crippen LogP contribution in [0.1, 0.15) is 25.7 Å². The van der Waals surface area contributed by atoms with Gasteiger partial charge in [-0.05, 0) is 50.8 Å². The summed E-state index contributed by atoms with van der Waals surface area (Å²) in [6.45, 7) is 7.06. The summed E-state index contributed by atoms with van der Waals surface area (Å²) in [7, 11) is 3.80. The fourth-order valence-corrected chi connectivity index (χ4v) is 1.92. The van der Waals surface area contributed by atoms with Crippen molar-refractivity contribution < 1.29 is 0 Å². The predicted molar refractivity (Wildman–Crippen MR) is 79.4 cm³/mol. The van der Waals surface area contributed by atoms with Gasteiger partial charge >= 0.3 is 0 Å². The Morgan fingerprint density at radius 2 is 2.00 bits per heavy atom. The van der Waals surface area contributed by atoms with Crippen molar-refractivity contribution in [1.82, 2.24) is 10.0 Å². The average Bonchev–Trinajstić information content (AvgIpc) is 2.33. The number of unbranched alkanes of at least 4 members (excludes halogenated alkanes) is 1. The summed E-state index contributed by atoms with van der Waals surface area (Å²) >= 11 is 1.50. The van der Waals surface area contributed by atoms with Crippen LogP contribution in [-0.4, -0.2) is 25.9 Å². The maximum absolute atomic E-state index is 3.97. The Morgan fingerprint density at radius 1 is 1.29 bits per heavy atom. The van der Waals surface area contributed by atoms with Gasteiger partial charge in [0.15, 0.2) is 0 Å². The van der Waals surface area contributed by atoms with Crippen molar-refractivity contribution in [2.45, 2.75) is 25.7 Å². The minimum atomic E-state index is 0.926. The SMILES string of the molecule is C=C/C=C(/CCCC/C(=N/N=C)SNC)NC. The van der Waals surface area contributed by atoms with E-state index in [4.69, 9.17) is 0 Å². The van der Waals surface area contributed by atoms with Crippen LogP contribution in [0.4, 0.5) is 0 Å². The molecule has 96 valence electrons. The molecular weight excluding hydrogens is 232 g/mol. The second-order valence-corrected chi connectivity index (χ2v) is 4.41. The van der Waals surface area contributed by atoms with Gasteiger partial charge < -0.3 is 5.32 Å². The Kier molecular flexibility index (Phi) is 10.7. The lowest BCUT2D eigenvalue weighted by Crippen LogP contribution is -2.06. The molecule has 0 aliphatic carbocycles. The van der Waals surface area contributed by atoms with E-state index in [1.807, 2.05) is 20.2 Å². The fraction of sp³-hybridized carbons (Fsp3) is 0.500. The van der Waals surface area contributed by atoms with E-state index < -0.39 is 0 Å². The van der Waals surface area contributed by atoms with Gasteiger partial charge in [0.05, 0.1) is 0 Å². The first-order chi connectivity index (χ1) is 8.28. The normalized spacial score (nSPS) is 12.4. The maximum Gasteiger partial charge on any atom is 0.111 e. The summed E-state index contributed by atoms with van der Waals surface area (Å²) in [5.41, 5.74) is 1.21. The molecule has 0 fully saturated rings. The van der Waals surface area contributed by atoms with Gasteiger partial charge in [0.25, 0.3) is 0 Å². The summed E-state index contributed by atoms with van der Waals surface area (Å²) in [4.78, 5) is 0. The van der Waals surface area contributed by atoms with Gasteiger partial charge in [-0.25, -0.2) is 0 Å². The molecule has 0 heterocycles. The lowest BCUT2D eigenvalue weighted by atomic mass is 10.1. The maximum atomic E-state index is 3.97. The second kappa shape index (κ2) is 11.4. The van der Waals surface area contributed by atoms with Gasteiger partial charge in [-0.15, -0.1) is 5.10 Å². The van der Waals surface area contributed by atoms with Gasteiger partial charge in [0.2, 0.25) is 0 Å². The van der Waals surface area contributed by atoms with E-state index >= 15 is 0 Å². The molecule has 0 aliphatic heterocycles. The summed E-state index contributed by atoms with van der Waals surface area (Å²) < 4.78 is 2.99. The standard InChI is InChI=1S/C12H22N4S/c1-5-8-11(13-2)9-6-7-10-12(16-14-3)17-15-4/h5,8,13,15H,1,3,6-7,9-10H2,2,4H3/b11-8-,16-12-. The van der Waals surface area contributed by atoms with Crippen molar-refractivity contribution in [3.8, 4) is 0 Å². The lowest BCUT2D eigenvalue weighted by Gasteiger charge is -2.06. The summed E-state index contributed by atoms with van der Waals surface area (Å²) in [6, 6.07) is 0. The third kappa shape index (κ3) is 8.71. The minimum Gasteiger partial charge on any atom is -0.391 e. The molecule has 0 bridgehead atoms. The Morgan fingerprint density at radius 3 is 2.53 bits per heavy atom. The predicted octanol–water partition coefficient (Wildman–Crippen LogP) is 2.72. The molecule has 0 atom stereocenters. The van der Waals surface area contributed by atoms with Gasteiger partial charge in [-0.3, -0.25) is 4.72 Å². The largest absolute Gasteiger partial charge is 0.391 e. The summed E-state index contributed by atoms with van der Waals surface area (Å²) in [6.07, 6.45) is 7.96. The number of nitrogens with zero attached hydrogens (tertiary/aromatic N) is 2. The summed E-state index contributed by atoms with van der Waals surface area (Å²) in [5, 5.41) is 11.7. The van der Waals surface area contributed by atoms with E-state index in [1.165, 1.54) is 17.6 Å². The zero-order chi connectivity index (χ0) is 12.9. The zero-order valence-corrected chi connectivity index (χ0v) is 11.5. The van der Waals surface area contributed by atoms with Crippen LogP contribution in [0.5, 0.6) is 0 Å². The molecule has 0 aromatic carbocycles. The lowest BCUT2D eigenvalue weighted by molar-refractivity contribution is 0.724. The molecule has 5 heteroatoms. The van der Waals surface area contributed by atoms with Crippen LogP contribution < -0.4 is 10.0 Å². The molecule has 0 amide bonds. The highest BCUT2D eigenvalue weighted by molar-refractivity contribution is 8.12. The molecule has 2 N–H and O–H groups in total. The highest BCUT2D eigenvalue weighted by atomic mass is 32.2.